The van der Waals surface area contributed by atoms with Crippen molar-refractivity contribution in [3.05, 3.63) is 33.9 Å². The van der Waals surface area contributed by atoms with Crippen molar-refractivity contribution in [2.45, 2.75) is 12.8 Å². The molecule has 1 aliphatic carbocycles. The first kappa shape index (κ1) is 12.0. The molecule has 0 aliphatic heterocycles. The first-order valence-electron chi connectivity index (χ1n) is 5.31. The van der Waals surface area contributed by atoms with Crippen LogP contribution in [0, 0.1) is 16.0 Å². The highest BCUT2D eigenvalue weighted by Gasteiger charge is 2.30. The van der Waals surface area contributed by atoms with Crippen molar-refractivity contribution in [3.63, 3.8) is 0 Å². The maximum atomic E-state index is 11.6. The highest BCUT2D eigenvalue weighted by atomic mass is 16.6. The van der Waals surface area contributed by atoms with Crippen molar-refractivity contribution in [1.82, 2.24) is 0 Å². The van der Waals surface area contributed by atoms with E-state index in [1.54, 1.807) is 0 Å². The number of rotatable bonds is 4. The van der Waals surface area contributed by atoms with Gasteiger partial charge in [-0.05, 0) is 18.9 Å². The molecular weight excluding hydrogens is 240 g/mol. The Morgan fingerprint density at radius 2 is 2.06 bits per heavy atom. The molecule has 18 heavy (non-hydrogen) atoms. The second kappa shape index (κ2) is 4.44. The number of aromatic carboxylic acids is 1. The molecule has 0 spiro atoms. The summed E-state index contributed by atoms with van der Waals surface area (Å²) in [7, 11) is 0. The molecular formula is C11H10N2O5. The standard InChI is InChI=1S/C11H10N2O5/c14-10(6-1-2-6)12-9-5-7(13(17)18)3-4-8(9)11(15)16/h3-6H,1-2H2,(H,12,14)(H,15,16). The molecule has 2 rings (SSSR count). The first-order chi connectivity index (χ1) is 8.49. The SMILES string of the molecule is O=C(O)c1ccc([N+](=O)[O-])cc1NC(=O)C1CC1. The molecule has 0 heterocycles. The number of hydrogen-bond acceptors (Lipinski definition) is 4. The van der Waals surface area contributed by atoms with Crippen LogP contribution in [0.2, 0.25) is 0 Å². The number of carboxylic acids is 1. The second-order valence-electron chi connectivity index (χ2n) is 4.06. The van der Waals surface area contributed by atoms with Crippen LogP contribution in [0.4, 0.5) is 11.4 Å². The maximum Gasteiger partial charge on any atom is 0.337 e. The number of carbonyl (C=O) groups is 2. The van der Waals surface area contributed by atoms with E-state index in [0.717, 1.165) is 31.0 Å². The van der Waals surface area contributed by atoms with Crippen molar-refractivity contribution in [1.29, 1.82) is 0 Å². The predicted molar refractivity (Wildman–Crippen MR) is 61.4 cm³/mol. The average molecular weight is 250 g/mol. The number of anilines is 1. The van der Waals surface area contributed by atoms with E-state index >= 15 is 0 Å². The zero-order valence-electron chi connectivity index (χ0n) is 9.25. The number of hydrogen-bond donors (Lipinski definition) is 2. The molecule has 1 fully saturated rings. The number of nitro groups is 1. The number of nitrogens with zero attached hydrogens (tertiary/aromatic N) is 1. The van der Waals surface area contributed by atoms with Crippen LogP contribution in [-0.2, 0) is 4.79 Å². The lowest BCUT2D eigenvalue weighted by atomic mass is 10.1. The van der Waals surface area contributed by atoms with Crippen molar-refractivity contribution in [2.24, 2.45) is 5.92 Å². The molecule has 0 aromatic heterocycles. The lowest BCUT2D eigenvalue weighted by molar-refractivity contribution is -0.384. The zero-order valence-corrected chi connectivity index (χ0v) is 9.25. The van der Waals surface area contributed by atoms with E-state index in [1.807, 2.05) is 0 Å². The molecule has 94 valence electrons. The van der Waals surface area contributed by atoms with Gasteiger partial charge >= 0.3 is 5.97 Å². The molecule has 0 unspecified atom stereocenters. The monoisotopic (exact) mass is 250 g/mol. The van der Waals surface area contributed by atoms with Crippen molar-refractivity contribution < 1.29 is 19.6 Å². The summed E-state index contributed by atoms with van der Waals surface area (Å²) < 4.78 is 0. The van der Waals surface area contributed by atoms with Gasteiger partial charge in [0.25, 0.3) is 5.69 Å². The Kier molecular flexibility index (Phi) is 2.97. The fraction of sp³-hybridized carbons (Fsp3) is 0.273. The van der Waals surface area contributed by atoms with E-state index in [9.17, 15) is 19.7 Å². The van der Waals surface area contributed by atoms with E-state index in [0.29, 0.717) is 0 Å². The molecule has 1 aromatic rings. The second-order valence-corrected chi connectivity index (χ2v) is 4.06. The van der Waals surface area contributed by atoms with Crippen molar-refractivity contribution in [3.8, 4) is 0 Å². The third kappa shape index (κ3) is 2.45. The first-order valence-corrected chi connectivity index (χ1v) is 5.31. The zero-order chi connectivity index (χ0) is 13.3. The lowest BCUT2D eigenvalue weighted by Crippen LogP contribution is -2.16. The van der Waals surface area contributed by atoms with Crippen molar-refractivity contribution in [2.75, 3.05) is 5.32 Å². The summed E-state index contributed by atoms with van der Waals surface area (Å²) in [4.78, 5) is 32.5. The van der Waals surface area contributed by atoms with Gasteiger partial charge in [-0.15, -0.1) is 0 Å². The topological polar surface area (TPSA) is 110 Å². The molecule has 0 radical (unpaired) electrons. The molecule has 2 N–H and O–H groups in total. The third-order valence-corrected chi connectivity index (χ3v) is 2.65. The summed E-state index contributed by atoms with van der Waals surface area (Å²) in [5, 5.41) is 22.0. The number of non-ortho nitro benzene ring substituents is 1. The van der Waals surface area contributed by atoms with E-state index in [-0.39, 0.29) is 28.8 Å². The van der Waals surface area contributed by atoms with Crippen LogP contribution in [0.5, 0.6) is 0 Å². The van der Waals surface area contributed by atoms with Crippen LogP contribution in [0.1, 0.15) is 23.2 Å². The normalized spacial score (nSPS) is 14.0. The molecule has 1 aromatic carbocycles. The Bertz CT molecular complexity index is 536. The average Bonchev–Trinajstić information content (AvgIpc) is 3.12. The quantitative estimate of drug-likeness (QED) is 0.623. The van der Waals surface area contributed by atoms with Crippen molar-refractivity contribution >= 4 is 23.3 Å². The van der Waals surface area contributed by atoms with Gasteiger partial charge in [0.1, 0.15) is 0 Å². The minimum Gasteiger partial charge on any atom is -0.478 e. The van der Waals surface area contributed by atoms with Crippen LogP contribution < -0.4 is 5.32 Å². The molecule has 0 atom stereocenters. The molecule has 1 saturated carbocycles. The minimum atomic E-state index is -1.24. The van der Waals surface area contributed by atoms with Crippen LogP contribution in [0.25, 0.3) is 0 Å². The molecule has 7 heteroatoms. The molecule has 0 saturated heterocycles. The number of amides is 1. The van der Waals surface area contributed by atoms with Gasteiger partial charge in [-0.1, -0.05) is 0 Å². The fourth-order valence-electron chi connectivity index (χ4n) is 1.52. The lowest BCUT2D eigenvalue weighted by Gasteiger charge is -2.07. The van der Waals surface area contributed by atoms with Gasteiger partial charge in [0, 0.05) is 18.1 Å². The predicted octanol–water partition coefficient (Wildman–Crippen LogP) is 1.64. The van der Waals surface area contributed by atoms with Crippen LogP contribution in [0.15, 0.2) is 18.2 Å². The van der Waals surface area contributed by atoms with Gasteiger partial charge in [-0.3, -0.25) is 14.9 Å². The molecule has 7 nitrogen and oxygen atoms in total. The van der Waals surface area contributed by atoms with Crippen LogP contribution in [0.3, 0.4) is 0 Å². The van der Waals surface area contributed by atoms with Crippen LogP contribution in [-0.4, -0.2) is 21.9 Å². The Morgan fingerprint density at radius 3 is 2.56 bits per heavy atom. The molecule has 1 amide bonds. The number of nitro benzene ring substituents is 1. The number of benzene rings is 1. The van der Waals surface area contributed by atoms with Gasteiger partial charge in [-0.2, -0.15) is 0 Å². The Morgan fingerprint density at radius 1 is 1.39 bits per heavy atom. The summed E-state index contributed by atoms with van der Waals surface area (Å²) >= 11 is 0. The number of carbonyl (C=O) groups excluding carboxylic acids is 1. The smallest absolute Gasteiger partial charge is 0.337 e. The molecule has 1 aliphatic rings. The van der Waals surface area contributed by atoms with Gasteiger partial charge in [0.05, 0.1) is 16.2 Å². The Hall–Kier alpha value is -2.44. The van der Waals surface area contributed by atoms with Gasteiger partial charge in [-0.25, -0.2) is 4.79 Å². The Balaban J connectivity index is 2.33. The Labute approximate surface area is 102 Å². The number of nitrogens with one attached hydrogen (secondary N) is 1. The number of carboxylic acid groups (broad SMARTS) is 1. The summed E-state index contributed by atoms with van der Waals surface area (Å²) in [6.07, 6.45) is 1.53. The van der Waals surface area contributed by atoms with Gasteiger partial charge in [0.15, 0.2) is 0 Å². The summed E-state index contributed by atoms with van der Waals surface area (Å²) in [6.45, 7) is 0. The van der Waals surface area contributed by atoms with Gasteiger partial charge < -0.3 is 10.4 Å². The van der Waals surface area contributed by atoms with Crippen LogP contribution >= 0.6 is 0 Å². The fourth-order valence-corrected chi connectivity index (χ4v) is 1.52. The third-order valence-electron chi connectivity index (χ3n) is 2.65. The van der Waals surface area contributed by atoms with E-state index in [1.165, 1.54) is 0 Å². The molecule has 0 bridgehead atoms. The summed E-state index contributed by atoms with van der Waals surface area (Å²) in [5.74, 6) is -1.64. The minimum absolute atomic E-state index is 0.0337. The highest BCUT2D eigenvalue weighted by Crippen LogP contribution is 2.31. The van der Waals surface area contributed by atoms with Gasteiger partial charge in [0.2, 0.25) is 5.91 Å². The highest BCUT2D eigenvalue weighted by molar-refractivity contribution is 6.02. The van der Waals surface area contributed by atoms with E-state index in [2.05, 4.69) is 5.32 Å². The summed E-state index contributed by atoms with van der Waals surface area (Å²) in [6, 6.07) is 3.27. The van der Waals surface area contributed by atoms with E-state index in [4.69, 9.17) is 5.11 Å². The maximum absolute atomic E-state index is 11.6. The summed E-state index contributed by atoms with van der Waals surface area (Å²) in [5.41, 5.74) is -0.450. The largest absolute Gasteiger partial charge is 0.478 e. The van der Waals surface area contributed by atoms with E-state index < -0.39 is 10.9 Å².